The number of nitrogens with two attached hydrogens (primary N) is 1. The molecule has 3 rings (SSSR count). The third-order valence-electron chi connectivity index (χ3n) is 3.15. The summed E-state index contributed by atoms with van der Waals surface area (Å²) in [5.74, 6) is -0.160. The number of aromatic nitrogens is 3. The molecule has 0 fully saturated rings. The van der Waals surface area contributed by atoms with E-state index in [2.05, 4.69) is 20.3 Å². The molecule has 0 saturated carbocycles. The fourth-order valence-electron chi connectivity index (χ4n) is 2.13. The molecule has 0 unspecified atom stereocenters. The topological polar surface area (TPSA) is 76.7 Å². The summed E-state index contributed by atoms with van der Waals surface area (Å²) >= 11 is 0. The van der Waals surface area contributed by atoms with Gasteiger partial charge in [-0.05, 0) is 35.9 Å². The van der Waals surface area contributed by atoms with Gasteiger partial charge in [-0.15, -0.1) is 0 Å². The smallest absolute Gasteiger partial charge is 0.399 e. The maximum atomic E-state index is 12.7. The van der Waals surface area contributed by atoms with Crippen LogP contribution in [0, 0.1) is 0 Å². The second-order valence-corrected chi connectivity index (χ2v) is 4.97. The van der Waals surface area contributed by atoms with Gasteiger partial charge in [0, 0.05) is 35.5 Å². The molecule has 8 heteroatoms. The minimum absolute atomic E-state index is 0.160. The van der Waals surface area contributed by atoms with Crippen molar-refractivity contribution in [3.63, 3.8) is 0 Å². The van der Waals surface area contributed by atoms with E-state index in [1.54, 1.807) is 36.7 Å². The molecule has 0 bridgehead atoms. The van der Waals surface area contributed by atoms with E-state index in [0.717, 1.165) is 23.4 Å². The molecular formula is C16H12F3N5. The molecule has 0 saturated heterocycles. The first-order valence-corrected chi connectivity index (χ1v) is 6.90. The molecule has 2 heterocycles. The Morgan fingerprint density at radius 2 is 1.83 bits per heavy atom. The van der Waals surface area contributed by atoms with Crippen LogP contribution in [0.15, 0.2) is 55.0 Å². The van der Waals surface area contributed by atoms with Gasteiger partial charge in [0.25, 0.3) is 0 Å². The van der Waals surface area contributed by atoms with E-state index >= 15 is 0 Å². The lowest BCUT2D eigenvalue weighted by atomic mass is 10.1. The van der Waals surface area contributed by atoms with Gasteiger partial charge in [-0.25, -0.2) is 9.97 Å². The van der Waals surface area contributed by atoms with E-state index in [4.69, 9.17) is 5.73 Å². The van der Waals surface area contributed by atoms with Crippen LogP contribution in [-0.4, -0.2) is 15.0 Å². The summed E-state index contributed by atoms with van der Waals surface area (Å²) in [6.45, 7) is 0. The zero-order valence-electron chi connectivity index (χ0n) is 12.2. The second-order valence-electron chi connectivity index (χ2n) is 4.97. The SMILES string of the molecule is Nc1cc(Nc2nccc(C(F)(F)F)n2)cc(-c2cccnc2)c1. The summed E-state index contributed by atoms with van der Waals surface area (Å²) in [5, 5.41) is 2.74. The largest absolute Gasteiger partial charge is 0.433 e. The molecule has 3 N–H and O–H groups in total. The first-order chi connectivity index (χ1) is 11.4. The van der Waals surface area contributed by atoms with Gasteiger partial charge in [-0.1, -0.05) is 6.07 Å². The number of halogens is 3. The Hall–Kier alpha value is -3.16. The van der Waals surface area contributed by atoms with Crippen molar-refractivity contribution in [3.05, 3.63) is 60.7 Å². The number of nitrogens with zero attached hydrogens (tertiary/aromatic N) is 3. The molecule has 0 aliphatic rings. The highest BCUT2D eigenvalue weighted by Gasteiger charge is 2.32. The van der Waals surface area contributed by atoms with E-state index in [1.165, 1.54) is 0 Å². The molecule has 0 aliphatic carbocycles. The summed E-state index contributed by atoms with van der Waals surface area (Å²) in [6, 6.07) is 9.51. The van der Waals surface area contributed by atoms with E-state index in [0.29, 0.717) is 11.4 Å². The number of alkyl halides is 3. The van der Waals surface area contributed by atoms with Gasteiger partial charge in [-0.3, -0.25) is 4.98 Å². The van der Waals surface area contributed by atoms with Crippen LogP contribution < -0.4 is 11.1 Å². The number of hydrogen-bond donors (Lipinski definition) is 2. The molecule has 0 aliphatic heterocycles. The molecule has 122 valence electrons. The molecule has 0 atom stereocenters. The van der Waals surface area contributed by atoms with Crippen molar-refractivity contribution in [2.45, 2.75) is 6.18 Å². The van der Waals surface area contributed by atoms with Crippen LogP contribution in [0.3, 0.4) is 0 Å². The summed E-state index contributed by atoms with van der Waals surface area (Å²) in [7, 11) is 0. The van der Waals surface area contributed by atoms with Gasteiger partial charge in [-0.2, -0.15) is 13.2 Å². The third-order valence-corrected chi connectivity index (χ3v) is 3.15. The molecular weight excluding hydrogens is 319 g/mol. The van der Waals surface area contributed by atoms with Crippen molar-refractivity contribution in [1.29, 1.82) is 0 Å². The summed E-state index contributed by atoms with van der Waals surface area (Å²) in [6.07, 6.45) is -0.173. The molecule has 2 aromatic heterocycles. The van der Waals surface area contributed by atoms with Crippen molar-refractivity contribution in [2.24, 2.45) is 0 Å². The Morgan fingerprint density at radius 1 is 1.00 bits per heavy atom. The summed E-state index contributed by atoms with van der Waals surface area (Å²) in [5.41, 5.74) is 7.39. The monoisotopic (exact) mass is 331 g/mol. The van der Waals surface area contributed by atoms with Gasteiger partial charge in [0.2, 0.25) is 5.95 Å². The van der Waals surface area contributed by atoms with Crippen molar-refractivity contribution in [1.82, 2.24) is 15.0 Å². The molecule has 0 radical (unpaired) electrons. The minimum Gasteiger partial charge on any atom is -0.399 e. The first-order valence-electron chi connectivity index (χ1n) is 6.90. The van der Waals surface area contributed by atoms with Crippen molar-refractivity contribution < 1.29 is 13.2 Å². The molecule has 0 spiro atoms. The van der Waals surface area contributed by atoms with Gasteiger partial charge in [0.05, 0.1) is 0 Å². The first kappa shape index (κ1) is 15.7. The van der Waals surface area contributed by atoms with Crippen LogP contribution in [-0.2, 0) is 6.18 Å². The number of anilines is 3. The number of rotatable bonds is 3. The lowest BCUT2D eigenvalue weighted by Crippen LogP contribution is -2.10. The fraction of sp³-hybridized carbons (Fsp3) is 0.0625. The maximum absolute atomic E-state index is 12.7. The second kappa shape index (κ2) is 6.15. The van der Waals surface area contributed by atoms with Crippen molar-refractivity contribution >= 4 is 17.3 Å². The van der Waals surface area contributed by atoms with Crippen LogP contribution in [0.5, 0.6) is 0 Å². The average Bonchev–Trinajstić information content (AvgIpc) is 2.54. The number of hydrogen-bond acceptors (Lipinski definition) is 5. The molecule has 5 nitrogen and oxygen atoms in total. The highest BCUT2D eigenvalue weighted by molar-refractivity contribution is 5.74. The Bertz CT molecular complexity index is 850. The molecule has 24 heavy (non-hydrogen) atoms. The Labute approximate surface area is 135 Å². The lowest BCUT2D eigenvalue weighted by Gasteiger charge is -2.11. The van der Waals surface area contributed by atoms with Crippen LogP contribution in [0.25, 0.3) is 11.1 Å². The number of nitrogen functional groups attached to an aromatic ring is 1. The molecule has 1 aromatic carbocycles. The van der Waals surface area contributed by atoms with Crippen LogP contribution >= 0.6 is 0 Å². The van der Waals surface area contributed by atoms with Crippen LogP contribution in [0.1, 0.15) is 5.69 Å². The molecule has 3 aromatic rings. The van der Waals surface area contributed by atoms with E-state index in [1.807, 2.05) is 6.07 Å². The zero-order valence-corrected chi connectivity index (χ0v) is 12.2. The predicted molar refractivity (Wildman–Crippen MR) is 84.4 cm³/mol. The number of benzene rings is 1. The van der Waals surface area contributed by atoms with Gasteiger partial charge in [0.1, 0.15) is 5.69 Å². The highest BCUT2D eigenvalue weighted by Crippen LogP contribution is 2.29. The van der Waals surface area contributed by atoms with E-state index < -0.39 is 11.9 Å². The summed E-state index contributed by atoms with van der Waals surface area (Å²) < 4.78 is 38.1. The molecule has 0 amide bonds. The predicted octanol–water partition coefficient (Wildman–Crippen LogP) is 3.88. The van der Waals surface area contributed by atoms with Crippen molar-refractivity contribution in [3.8, 4) is 11.1 Å². The third kappa shape index (κ3) is 3.60. The Morgan fingerprint density at radius 3 is 2.54 bits per heavy atom. The Kier molecular flexibility index (Phi) is 4.03. The van der Waals surface area contributed by atoms with Gasteiger partial charge < -0.3 is 11.1 Å². The normalized spacial score (nSPS) is 11.3. The van der Waals surface area contributed by atoms with Crippen LogP contribution in [0.2, 0.25) is 0 Å². The number of nitrogens with one attached hydrogen (secondary N) is 1. The quantitative estimate of drug-likeness (QED) is 0.712. The maximum Gasteiger partial charge on any atom is 0.433 e. The van der Waals surface area contributed by atoms with E-state index in [-0.39, 0.29) is 5.95 Å². The highest BCUT2D eigenvalue weighted by atomic mass is 19.4. The minimum atomic E-state index is -4.53. The fourth-order valence-corrected chi connectivity index (χ4v) is 2.13. The number of pyridine rings is 1. The van der Waals surface area contributed by atoms with E-state index in [9.17, 15) is 13.2 Å². The summed E-state index contributed by atoms with van der Waals surface area (Å²) in [4.78, 5) is 11.3. The standard InChI is InChI=1S/C16H12F3N5/c17-16(18,19)14-3-5-22-15(24-14)23-13-7-11(6-12(20)8-13)10-2-1-4-21-9-10/h1-9H,20H2,(H,22,23,24). The lowest BCUT2D eigenvalue weighted by molar-refractivity contribution is -0.141. The van der Waals surface area contributed by atoms with Crippen LogP contribution in [0.4, 0.5) is 30.5 Å². The van der Waals surface area contributed by atoms with Gasteiger partial charge >= 0.3 is 6.18 Å². The zero-order chi connectivity index (χ0) is 17.2. The van der Waals surface area contributed by atoms with Crippen molar-refractivity contribution in [2.75, 3.05) is 11.1 Å². The Balaban J connectivity index is 1.92. The van der Waals surface area contributed by atoms with Gasteiger partial charge in [0.15, 0.2) is 0 Å². The average molecular weight is 331 g/mol.